The molecule has 5 nitrogen and oxygen atoms in total. The minimum atomic E-state index is -4.56. The normalized spacial score (nSPS) is 12.2. The van der Waals surface area contributed by atoms with Gasteiger partial charge in [-0.1, -0.05) is 19.1 Å². The summed E-state index contributed by atoms with van der Waals surface area (Å²) in [5.41, 5.74) is -0.575. The first-order valence-corrected chi connectivity index (χ1v) is 9.04. The molecule has 0 fully saturated rings. The molecule has 0 aliphatic carbocycles. The highest BCUT2D eigenvalue weighted by atomic mass is 19.4. The molecule has 1 unspecified atom stereocenters. The molecule has 1 atom stereocenters. The van der Waals surface area contributed by atoms with Gasteiger partial charge in [0.2, 0.25) is 0 Å². The lowest BCUT2D eigenvalue weighted by Gasteiger charge is -2.18. The van der Waals surface area contributed by atoms with Crippen LogP contribution in [0.15, 0.2) is 42.5 Å². The van der Waals surface area contributed by atoms with Crippen molar-refractivity contribution in [1.29, 1.82) is 0 Å². The molecular weight excluding hydrogens is 387 g/mol. The van der Waals surface area contributed by atoms with Crippen LogP contribution in [0, 0.1) is 0 Å². The monoisotopic (exact) mass is 409 g/mol. The molecule has 0 aliphatic rings. The Morgan fingerprint density at radius 2 is 1.86 bits per heavy atom. The number of benzene rings is 2. The van der Waals surface area contributed by atoms with E-state index in [1.165, 1.54) is 26.0 Å². The maximum Gasteiger partial charge on any atom is 0.416 e. The smallest absolute Gasteiger partial charge is 0.416 e. The minimum Gasteiger partial charge on any atom is -0.491 e. The average molecular weight is 409 g/mol. The Morgan fingerprint density at radius 3 is 2.48 bits per heavy atom. The number of ketones is 1. The van der Waals surface area contributed by atoms with Crippen molar-refractivity contribution in [3.05, 3.63) is 53.6 Å². The van der Waals surface area contributed by atoms with Gasteiger partial charge in [-0.05, 0) is 50.6 Å². The van der Waals surface area contributed by atoms with Crippen LogP contribution in [0.5, 0.6) is 11.5 Å². The number of rotatable bonds is 8. The molecule has 2 rings (SSSR count). The Labute approximate surface area is 166 Å². The molecule has 0 radical (unpaired) electrons. The molecule has 0 aliphatic heterocycles. The van der Waals surface area contributed by atoms with E-state index >= 15 is 0 Å². The summed E-state index contributed by atoms with van der Waals surface area (Å²) in [5.74, 6) is -0.376. The van der Waals surface area contributed by atoms with E-state index in [2.05, 4.69) is 5.32 Å². The Kier molecular flexibility index (Phi) is 7.25. The first kappa shape index (κ1) is 22.3. The third-order valence-electron chi connectivity index (χ3n) is 3.95. The highest BCUT2D eigenvalue weighted by Gasteiger charge is 2.31. The summed E-state index contributed by atoms with van der Waals surface area (Å²) in [7, 11) is 0. The van der Waals surface area contributed by atoms with Crippen molar-refractivity contribution in [3.8, 4) is 11.5 Å². The molecule has 29 heavy (non-hydrogen) atoms. The second-order valence-corrected chi connectivity index (χ2v) is 6.39. The molecule has 1 amide bonds. The van der Waals surface area contributed by atoms with Gasteiger partial charge in [0.1, 0.15) is 11.5 Å². The van der Waals surface area contributed by atoms with Crippen LogP contribution in [0.25, 0.3) is 0 Å². The molecule has 2 aromatic rings. The van der Waals surface area contributed by atoms with E-state index in [9.17, 15) is 22.8 Å². The van der Waals surface area contributed by atoms with E-state index in [1.807, 2.05) is 6.92 Å². The van der Waals surface area contributed by atoms with Crippen LogP contribution in [-0.2, 0) is 11.0 Å². The van der Waals surface area contributed by atoms with E-state index in [-0.39, 0.29) is 23.8 Å². The third kappa shape index (κ3) is 6.23. The van der Waals surface area contributed by atoms with Gasteiger partial charge in [-0.15, -0.1) is 0 Å². The second kappa shape index (κ2) is 9.45. The van der Waals surface area contributed by atoms with E-state index in [1.54, 1.807) is 18.2 Å². The lowest BCUT2D eigenvalue weighted by molar-refractivity contribution is -0.137. The fraction of sp³-hybridized carbons (Fsp3) is 0.333. The molecule has 0 saturated heterocycles. The molecule has 1 N–H and O–H groups in total. The lowest BCUT2D eigenvalue weighted by atomic mass is 10.1. The molecular formula is C21H22F3NO4. The van der Waals surface area contributed by atoms with Crippen LogP contribution in [0.2, 0.25) is 0 Å². The Hall–Kier alpha value is -3.03. The van der Waals surface area contributed by atoms with Gasteiger partial charge < -0.3 is 14.8 Å². The molecule has 0 saturated carbocycles. The van der Waals surface area contributed by atoms with Gasteiger partial charge in [-0.2, -0.15) is 13.2 Å². The number of ether oxygens (including phenoxy) is 2. The van der Waals surface area contributed by atoms with Crippen LogP contribution in [0.4, 0.5) is 18.9 Å². The second-order valence-electron chi connectivity index (χ2n) is 6.39. The predicted octanol–water partition coefficient (Wildman–Crippen LogP) is 5.10. The number of Topliss-reactive ketones (excluding diaryl/α,β-unsaturated/α-hetero) is 1. The summed E-state index contributed by atoms with van der Waals surface area (Å²) in [6.45, 7) is 5.00. The average Bonchev–Trinajstić information content (AvgIpc) is 2.66. The topological polar surface area (TPSA) is 64.6 Å². The van der Waals surface area contributed by atoms with Gasteiger partial charge >= 0.3 is 6.18 Å². The van der Waals surface area contributed by atoms with Crippen molar-refractivity contribution in [2.45, 2.75) is 39.5 Å². The van der Waals surface area contributed by atoms with Crippen LogP contribution >= 0.6 is 0 Å². The number of alkyl halides is 3. The number of anilines is 1. The fourth-order valence-electron chi connectivity index (χ4n) is 2.42. The zero-order valence-electron chi connectivity index (χ0n) is 16.3. The van der Waals surface area contributed by atoms with Crippen molar-refractivity contribution in [2.24, 2.45) is 0 Å². The first-order valence-electron chi connectivity index (χ1n) is 9.04. The number of carbonyl (C=O) groups excluding carboxylic acids is 2. The standard InChI is InChI=1S/C21H22F3NO4/c1-4-10-28-19-9-8-16(21(22,23)24)12-18(19)25-20(27)14(3)29-17-7-5-6-15(11-17)13(2)26/h5-9,11-12,14H,4,10H2,1-3H3,(H,25,27). The summed E-state index contributed by atoms with van der Waals surface area (Å²) in [5, 5.41) is 2.43. The van der Waals surface area contributed by atoms with Crippen molar-refractivity contribution in [2.75, 3.05) is 11.9 Å². The van der Waals surface area contributed by atoms with Gasteiger partial charge in [-0.25, -0.2) is 0 Å². The highest BCUT2D eigenvalue weighted by Crippen LogP contribution is 2.35. The number of amides is 1. The van der Waals surface area contributed by atoms with Crippen LogP contribution in [0.3, 0.4) is 0 Å². The third-order valence-corrected chi connectivity index (χ3v) is 3.95. The quantitative estimate of drug-likeness (QED) is 0.616. The summed E-state index contributed by atoms with van der Waals surface area (Å²) in [6.07, 6.45) is -4.93. The van der Waals surface area contributed by atoms with E-state index in [0.717, 1.165) is 12.1 Å². The van der Waals surface area contributed by atoms with Gasteiger partial charge in [0.15, 0.2) is 11.9 Å². The van der Waals surface area contributed by atoms with Crippen LogP contribution in [-0.4, -0.2) is 24.4 Å². The van der Waals surface area contributed by atoms with E-state index < -0.39 is 23.8 Å². The zero-order chi connectivity index (χ0) is 21.6. The van der Waals surface area contributed by atoms with Crippen molar-refractivity contribution in [1.82, 2.24) is 0 Å². The highest BCUT2D eigenvalue weighted by molar-refractivity contribution is 5.96. The predicted molar refractivity (Wildman–Crippen MR) is 102 cm³/mol. The summed E-state index contributed by atoms with van der Waals surface area (Å²) in [4.78, 5) is 23.9. The zero-order valence-corrected chi connectivity index (χ0v) is 16.3. The van der Waals surface area contributed by atoms with Crippen molar-refractivity contribution in [3.63, 3.8) is 0 Å². The number of nitrogens with one attached hydrogen (secondary N) is 1. The molecule has 0 spiro atoms. The van der Waals surface area contributed by atoms with E-state index in [0.29, 0.717) is 17.7 Å². The van der Waals surface area contributed by atoms with E-state index in [4.69, 9.17) is 9.47 Å². The maximum absolute atomic E-state index is 13.0. The number of halogens is 3. The number of carbonyl (C=O) groups is 2. The molecule has 0 aromatic heterocycles. The molecule has 2 aromatic carbocycles. The van der Waals surface area contributed by atoms with Gasteiger partial charge in [-0.3, -0.25) is 9.59 Å². The number of hydrogen-bond acceptors (Lipinski definition) is 4. The largest absolute Gasteiger partial charge is 0.491 e. The SMILES string of the molecule is CCCOc1ccc(C(F)(F)F)cc1NC(=O)C(C)Oc1cccc(C(C)=O)c1. The fourth-order valence-corrected chi connectivity index (χ4v) is 2.42. The van der Waals surface area contributed by atoms with Gasteiger partial charge in [0.05, 0.1) is 17.9 Å². The molecule has 8 heteroatoms. The van der Waals surface area contributed by atoms with Crippen molar-refractivity contribution < 1.29 is 32.2 Å². The molecule has 0 bridgehead atoms. The van der Waals surface area contributed by atoms with Crippen LogP contribution in [0.1, 0.15) is 43.1 Å². The Bertz CT molecular complexity index is 880. The summed E-state index contributed by atoms with van der Waals surface area (Å²) < 4.78 is 50.1. The lowest BCUT2D eigenvalue weighted by Crippen LogP contribution is -2.30. The summed E-state index contributed by atoms with van der Waals surface area (Å²) >= 11 is 0. The maximum atomic E-state index is 13.0. The van der Waals surface area contributed by atoms with Crippen molar-refractivity contribution >= 4 is 17.4 Å². The minimum absolute atomic E-state index is 0.0915. The van der Waals surface area contributed by atoms with Gasteiger partial charge in [0, 0.05) is 5.56 Å². The Morgan fingerprint density at radius 1 is 1.14 bits per heavy atom. The van der Waals surface area contributed by atoms with Gasteiger partial charge in [0.25, 0.3) is 5.91 Å². The Balaban J connectivity index is 2.19. The van der Waals surface area contributed by atoms with Crippen LogP contribution < -0.4 is 14.8 Å². The molecule has 156 valence electrons. The summed E-state index contributed by atoms with van der Waals surface area (Å²) in [6, 6.07) is 9.19. The number of hydrogen-bond donors (Lipinski definition) is 1. The molecule has 0 heterocycles. The first-order chi connectivity index (χ1) is 13.6.